The number of hydrogen-bond donors (Lipinski definition) is 0. The van der Waals surface area contributed by atoms with E-state index in [1.54, 1.807) is 12.4 Å². The Bertz CT molecular complexity index is 334. The van der Waals surface area contributed by atoms with Gasteiger partial charge in [0.2, 0.25) is 0 Å². The highest BCUT2D eigenvalue weighted by molar-refractivity contribution is 4.99. The Labute approximate surface area is 110 Å². The lowest BCUT2D eigenvalue weighted by Gasteiger charge is -1.82. The predicted molar refractivity (Wildman–Crippen MR) is 76.3 cm³/mol. The van der Waals surface area contributed by atoms with E-state index in [2.05, 4.69) is 28.8 Å². The molecule has 0 unspecified atom stereocenters. The smallest absolute Gasteiger partial charge is 0.115 e. The van der Waals surface area contributed by atoms with Crippen molar-refractivity contribution in [3.63, 3.8) is 0 Å². The lowest BCUT2D eigenvalue weighted by molar-refractivity contribution is 0.886. The van der Waals surface area contributed by atoms with Gasteiger partial charge in [0.25, 0.3) is 0 Å². The van der Waals surface area contributed by atoms with E-state index in [1.165, 1.54) is 19.2 Å². The van der Waals surface area contributed by atoms with Crippen LogP contribution >= 0.6 is 0 Å². The van der Waals surface area contributed by atoms with Crippen LogP contribution in [0.4, 0.5) is 0 Å². The summed E-state index contributed by atoms with van der Waals surface area (Å²) < 4.78 is 0. The molecule has 3 heteroatoms. The van der Waals surface area contributed by atoms with Gasteiger partial charge in [0.15, 0.2) is 0 Å². The second-order valence-corrected chi connectivity index (χ2v) is 3.82. The van der Waals surface area contributed by atoms with Crippen LogP contribution in [-0.4, -0.2) is 15.0 Å². The van der Waals surface area contributed by atoms with Gasteiger partial charge in [-0.1, -0.05) is 32.8 Å². The summed E-state index contributed by atoms with van der Waals surface area (Å²) in [6.07, 6.45) is 7.69. The summed E-state index contributed by atoms with van der Waals surface area (Å²) in [5, 5.41) is 0. The molecule has 3 nitrogen and oxygen atoms in total. The van der Waals surface area contributed by atoms with Crippen molar-refractivity contribution in [3.8, 4) is 0 Å². The summed E-state index contributed by atoms with van der Waals surface area (Å²) in [5.41, 5.74) is 2.08. The van der Waals surface area contributed by atoms with E-state index >= 15 is 0 Å². The number of unbranched alkanes of at least 4 members (excludes halogenated alkanes) is 1. The Morgan fingerprint density at radius 3 is 1.72 bits per heavy atom. The van der Waals surface area contributed by atoms with E-state index in [0.29, 0.717) is 0 Å². The number of nitrogens with zero attached hydrogens (tertiary/aromatic N) is 3. The Morgan fingerprint density at radius 2 is 1.50 bits per heavy atom. The molecule has 0 aliphatic heterocycles. The molecular weight excluding hydrogens is 222 g/mol. The molecule has 0 aliphatic carbocycles. The molecule has 2 heterocycles. The maximum Gasteiger partial charge on any atom is 0.115 e. The van der Waals surface area contributed by atoms with Gasteiger partial charge in [0.1, 0.15) is 6.33 Å². The quantitative estimate of drug-likeness (QED) is 0.762. The number of rotatable bonds is 1. The van der Waals surface area contributed by atoms with Crippen LogP contribution in [0.5, 0.6) is 0 Å². The Morgan fingerprint density at radius 1 is 0.833 bits per heavy atom. The Hall–Kier alpha value is -1.77. The van der Waals surface area contributed by atoms with Crippen LogP contribution in [-0.2, 0) is 0 Å². The normalized spacial score (nSPS) is 8.44. The largest absolute Gasteiger partial charge is 0.262 e. The van der Waals surface area contributed by atoms with Gasteiger partial charge in [-0.05, 0) is 32.0 Å². The first-order valence-electron chi connectivity index (χ1n) is 6.30. The van der Waals surface area contributed by atoms with Crippen molar-refractivity contribution in [3.05, 3.63) is 54.4 Å². The molecular formula is C15H23N3. The average molecular weight is 245 g/mol. The Balaban J connectivity index is 0.000000253. The highest BCUT2D eigenvalue weighted by Crippen LogP contribution is 1.86. The third-order valence-electron chi connectivity index (χ3n) is 2.04. The molecule has 0 radical (unpaired) electrons. The molecule has 18 heavy (non-hydrogen) atoms. The van der Waals surface area contributed by atoms with Crippen LogP contribution in [0.2, 0.25) is 0 Å². The van der Waals surface area contributed by atoms with Crippen molar-refractivity contribution in [2.75, 3.05) is 0 Å². The van der Waals surface area contributed by atoms with Gasteiger partial charge in [0, 0.05) is 23.8 Å². The van der Waals surface area contributed by atoms with Gasteiger partial charge in [-0.2, -0.15) is 0 Å². The lowest BCUT2D eigenvalue weighted by Crippen LogP contribution is -1.77. The van der Waals surface area contributed by atoms with Crippen LogP contribution < -0.4 is 0 Å². The van der Waals surface area contributed by atoms with E-state index in [1.807, 2.05) is 38.1 Å². The van der Waals surface area contributed by atoms with E-state index < -0.39 is 0 Å². The van der Waals surface area contributed by atoms with Crippen LogP contribution in [0.3, 0.4) is 0 Å². The minimum absolute atomic E-state index is 1.01. The third-order valence-corrected chi connectivity index (χ3v) is 2.04. The fraction of sp³-hybridized carbons (Fsp3) is 0.400. The fourth-order valence-electron chi connectivity index (χ4n) is 0.805. The topological polar surface area (TPSA) is 38.7 Å². The molecule has 0 fully saturated rings. The maximum atomic E-state index is 3.98. The highest BCUT2D eigenvalue weighted by atomic mass is 14.8. The summed E-state index contributed by atoms with van der Waals surface area (Å²) in [7, 11) is 0. The summed E-state index contributed by atoms with van der Waals surface area (Å²) in [6, 6.07) is 7.72. The second kappa shape index (κ2) is 11.7. The first-order valence-corrected chi connectivity index (χ1v) is 6.30. The van der Waals surface area contributed by atoms with Gasteiger partial charge in [-0.25, -0.2) is 9.97 Å². The van der Waals surface area contributed by atoms with E-state index in [-0.39, 0.29) is 0 Å². The molecule has 2 aromatic heterocycles. The lowest BCUT2D eigenvalue weighted by atomic mass is 10.4. The molecule has 0 N–H and O–H groups in total. The van der Waals surface area contributed by atoms with E-state index in [0.717, 1.165) is 11.4 Å². The number of hydrogen-bond acceptors (Lipinski definition) is 3. The zero-order chi connectivity index (χ0) is 13.6. The predicted octanol–water partition coefficient (Wildman–Crippen LogP) is 3.98. The van der Waals surface area contributed by atoms with Gasteiger partial charge < -0.3 is 0 Å². The molecule has 0 aromatic carbocycles. The molecule has 2 rings (SSSR count). The van der Waals surface area contributed by atoms with Crippen LogP contribution in [0.1, 0.15) is 38.1 Å². The molecule has 0 amide bonds. The zero-order valence-corrected chi connectivity index (χ0v) is 11.8. The molecule has 2 aromatic rings. The molecule has 0 bridgehead atoms. The van der Waals surface area contributed by atoms with Crippen molar-refractivity contribution in [2.24, 2.45) is 0 Å². The third kappa shape index (κ3) is 10.7. The summed E-state index contributed by atoms with van der Waals surface area (Å²) in [5.74, 6) is 0. The molecule has 0 saturated carbocycles. The van der Waals surface area contributed by atoms with Crippen molar-refractivity contribution in [1.82, 2.24) is 15.0 Å². The van der Waals surface area contributed by atoms with Crippen molar-refractivity contribution in [1.29, 1.82) is 0 Å². The van der Waals surface area contributed by atoms with Crippen LogP contribution in [0.25, 0.3) is 0 Å². The van der Waals surface area contributed by atoms with Gasteiger partial charge in [0.05, 0.1) is 0 Å². The average Bonchev–Trinajstić information content (AvgIpc) is 2.41. The number of aryl methyl sites for hydroxylation is 2. The minimum Gasteiger partial charge on any atom is -0.262 e. The molecule has 0 atom stereocenters. The van der Waals surface area contributed by atoms with Crippen molar-refractivity contribution >= 4 is 0 Å². The molecule has 0 spiro atoms. The SMILES string of the molecule is CCCC.Cc1ccccn1.Cc1ccncn1. The van der Waals surface area contributed by atoms with Gasteiger partial charge >= 0.3 is 0 Å². The fourth-order valence-corrected chi connectivity index (χ4v) is 0.805. The first-order chi connectivity index (χ1) is 8.70. The zero-order valence-electron chi connectivity index (χ0n) is 11.8. The summed E-state index contributed by atoms with van der Waals surface area (Å²) in [4.78, 5) is 11.6. The Kier molecular flexibility index (Phi) is 10.6. The molecule has 98 valence electrons. The molecule has 0 aliphatic rings. The summed E-state index contributed by atoms with van der Waals surface area (Å²) >= 11 is 0. The van der Waals surface area contributed by atoms with E-state index in [9.17, 15) is 0 Å². The van der Waals surface area contributed by atoms with E-state index in [4.69, 9.17) is 0 Å². The van der Waals surface area contributed by atoms with Gasteiger partial charge in [-0.3, -0.25) is 4.98 Å². The van der Waals surface area contributed by atoms with Crippen molar-refractivity contribution in [2.45, 2.75) is 40.5 Å². The van der Waals surface area contributed by atoms with Crippen LogP contribution in [0, 0.1) is 13.8 Å². The highest BCUT2D eigenvalue weighted by Gasteiger charge is 1.74. The van der Waals surface area contributed by atoms with Crippen molar-refractivity contribution < 1.29 is 0 Å². The van der Waals surface area contributed by atoms with Gasteiger partial charge in [-0.15, -0.1) is 0 Å². The minimum atomic E-state index is 1.01. The first kappa shape index (κ1) is 16.2. The second-order valence-electron chi connectivity index (χ2n) is 3.82. The monoisotopic (exact) mass is 245 g/mol. The standard InChI is InChI=1S/C6H7N.C5H6N2.C4H10/c1-6-4-2-3-5-7-6;1-5-2-3-6-4-7-5;1-3-4-2/h2-5H,1H3;2-4H,1H3;3-4H2,1-2H3. The molecule has 0 saturated heterocycles. The number of pyridine rings is 1. The number of aromatic nitrogens is 3. The van der Waals surface area contributed by atoms with Crippen LogP contribution in [0.15, 0.2) is 43.0 Å². The summed E-state index contributed by atoms with van der Waals surface area (Å²) in [6.45, 7) is 8.27. The maximum absolute atomic E-state index is 3.98.